The number of amides is 1. The average Bonchev–Trinajstić information content (AvgIpc) is 3.17. The summed E-state index contributed by atoms with van der Waals surface area (Å²) in [6.45, 7) is 0.705. The summed E-state index contributed by atoms with van der Waals surface area (Å²) in [6.07, 6.45) is 9.97. The maximum absolute atomic E-state index is 11.9. The quantitative estimate of drug-likeness (QED) is 0.880. The molecule has 1 N–H and O–H groups in total. The molecule has 4 rings (SSSR count). The van der Waals surface area contributed by atoms with Crippen LogP contribution in [0, 0.1) is 11.8 Å². The van der Waals surface area contributed by atoms with Gasteiger partial charge in [-0.05, 0) is 67.7 Å². The first-order chi connectivity index (χ1) is 10.8. The predicted octanol–water partition coefficient (Wildman–Crippen LogP) is 3.84. The van der Waals surface area contributed by atoms with Gasteiger partial charge in [-0.3, -0.25) is 4.79 Å². The molecule has 2 aromatic rings. The number of nitrogens with one attached hydrogen (secondary N) is 1. The lowest BCUT2D eigenvalue weighted by atomic mass is 9.85. The van der Waals surface area contributed by atoms with Gasteiger partial charge in [-0.2, -0.15) is 0 Å². The number of rotatable bonds is 6. The SMILES string of the molecule is O=C(NCCc1coc2ccc(CC3CC3)cc12)C1CCC1. The number of carbonyl (C=O) groups is 1. The van der Waals surface area contributed by atoms with Crippen LogP contribution in [0.1, 0.15) is 43.2 Å². The van der Waals surface area contributed by atoms with Crippen molar-refractivity contribution < 1.29 is 9.21 Å². The molecule has 1 heterocycles. The third-order valence-corrected chi connectivity index (χ3v) is 5.11. The van der Waals surface area contributed by atoms with E-state index in [9.17, 15) is 4.79 Å². The first-order valence-electron chi connectivity index (χ1n) is 8.56. The summed E-state index contributed by atoms with van der Waals surface area (Å²) in [5.74, 6) is 1.40. The van der Waals surface area contributed by atoms with Crippen molar-refractivity contribution in [2.24, 2.45) is 11.8 Å². The first kappa shape index (κ1) is 13.9. The number of hydrogen-bond acceptors (Lipinski definition) is 2. The van der Waals surface area contributed by atoms with Crippen LogP contribution in [0.3, 0.4) is 0 Å². The van der Waals surface area contributed by atoms with Gasteiger partial charge in [0.2, 0.25) is 5.91 Å². The molecule has 1 amide bonds. The molecular formula is C19H23NO2. The van der Waals surface area contributed by atoms with Crippen molar-refractivity contribution in [3.8, 4) is 0 Å². The van der Waals surface area contributed by atoms with Gasteiger partial charge in [0.15, 0.2) is 0 Å². The molecule has 0 atom stereocenters. The van der Waals surface area contributed by atoms with E-state index < -0.39 is 0 Å². The second kappa shape index (κ2) is 5.79. The Morgan fingerprint density at radius 1 is 1.23 bits per heavy atom. The first-order valence-corrected chi connectivity index (χ1v) is 8.56. The van der Waals surface area contributed by atoms with E-state index in [2.05, 4.69) is 23.5 Å². The maximum Gasteiger partial charge on any atom is 0.223 e. The highest BCUT2D eigenvalue weighted by Gasteiger charge is 2.24. The number of benzene rings is 1. The molecule has 22 heavy (non-hydrogen) atoms. The van der Waals surface area contributed by atoms with E-state index in [4.69, 9.17) is 4.42 Å². The van der Waals surface area contributed by atoms with Crippen LogP contribution in [0.2, 0.25) is 0 Å². The normalized spacial score (nSPS) is 18.4. The summed E-state index contributed by atoms with van der Waals surface area (Å²) in [7, 11) is 0. The molecule has 0 aliphatic heterocycles. The van der Waals surface area contributed by atoms with E-state index in [1.54, 1.807) is 0 Å². The van der Waals surface area contributed by atoms with Gasteiger partial charge < -0.3 is 9.73 Å². The van der Waals surface area contributed by atoms with Crippen LogP contribution in [0.4, 0.5) is 0 Å². The Morgan fingerprint density at radius 2 is 2.09 bits per heavy atom. The van der Waals surface area contributed by atoms with Crippen LogP contribution in [0.25, 0.3) is 11.0 Å². The Kier molecular flexibility index (Phi) is 3.65. The molecule has 0 radical (unpaired) electrons. The molecule has 0 spiro atoms. The van der Waals surface area contributed by atoms with Gasteiger partial charge in [-0.25, -0.2) is 0 Å². The molecule has 116 valence electrons. The lowest BCUT2D eigenvalue weighted by molar-refractivity contribution is -0.127. The minimum Gasteiger partial charge on any atom is -0.464 e. The fraction of sp³-hybridized carbons (Fsp3) is 0.526. The molecule has 2 aliphatic rings. The van der Waals surface area contributed by atoms with Crippen LogP contribution in [-0.2, 0) is 17.6 Å². The van der Waals surface area contributed by atoms with E-state index in [0.29, 0.717) is 6.54 Å². The molecule has 3 heteroatoms. The second-order valence-corrected chi connectivity index (χ2v) is 6.91. The van der Waals surface area contributed by atoms with Crippen molar-refractivity contribution in [2.75, 3.05) is 6.54 Å². The van der Waals surface area contributed by atoms with Crippen LogP contribution < -0.4 is 5.32 Å². The summed E-state index contributed by atoms with van der Waals surface area (Å²) in [6, 6.07) is 6.55. The highest BCUT2D eigenvalue weighted by atomic mass is 16.3. The molecule has 2 aliphatic carbocycles. The van der Waals surface area contributed by atoms with E-state index in [0.717, 1.165) is 30.8 Å². The summed E-state index contributed by atoms with van der Waals surface area (Å²) in [4.78, 5) is 11.9. The molecule has 2 fully saturated rings. The van der Waals surface area contributed by atoms with E-state index in [1.165, 1.54) is 42.2 Å². The average molecular weight is 297 g/mol. The van der Waals surface area contributed by atoms with E-state index in [-0.39, 0.29) is 11.8 Å². The second-order valence-electron chi connectivity index (χ2n) is 6.91. The van der Waals surface area contributed by atoms with Crippen molar-refractivity contribution in [1.82, 2.24) is 5.32 Å². The highest BCUT2D eigenvalue weighted by molar-refractivity contribution is 5.82. The summed E-state index contributed by atoms with van der Waals surface area (Å²) in [5, 5.41) is 4.28. The summed E-state index contributed by atoms with van der Waals surface area (Å²) in [5.41, 5.74) is 3.58. The van der Waals surface area contributed by atoms with Crippen molar-refractivity contribution in [2.45, 2.75) is 44.9 Å². The lowest BCUT2D eigenvalue weighted by Gasteiger charge is -2.23. The number of carbonyl (C=O) groups excluding carboxylic acids is 1. The van der Waals surface area contributed by atoms with Gasteiger partial charge in [0, 0.05) is 17.8 Å². The fourth-order valence-corrected chi connectivity index (χ4v) is 3.24. The van der Waals surface area contributed by atoms with Gasteiger partial charge in [0.1, 0.15) is 5.58 Å². The Labute approximate surface area is 131 Å². The number of fused-ring (bicyclic) bond motifs is 1. The Balaban J connectivity index is 1.40. The van der Waals surface area contributed by atoms with Gasteiger partial charge in [-0.1, -0.05) is 12.5 Å². The van der Waals surface area contributed by atoms with Gasteiger partial charge in [0.25, 0.3) is 0 Å². The third kappa shape index (κ3) is 2.90. The smallest absolute Gasteiger partial charge is 0.223 e. The summed E-state index contributed by atoms with van der Waals surface area (Å²) < 4.78 is 5.65. The molecule has 2 saturated carbocycles. The number of hydrogen-bond donors (Lipinski definition) is 1. The monoisotopic (exact) mass is 297 g/mol. The zero-order valence-corrected chi connectivity index (χ0v) is 12.9. The van der Waals surface area contributed by atoms with Crippen LogP contribution >= 0.6 is 0 Å². The fourth-order valence-electron chi connectivity index (χ4n) is 3.24. The molecule has 1 aromatic heterocycles. The highest BCUT2D eigenvalue weighted by Crippen LogP contribution is 2.34. The topological polar surface area (TPSA) is 42.2 Å². The minimum atomic E-state index is 0.230. The van der Waals surface area contributed by atoms with Crippen molar-refractivity contribution >= 4 is 16.9 Å². The van der Waals surface area contributed by atoms with Crippen molar-refractivity contribution in [1.29, 1.82) is 0 Å². The third-order valence-electron chi connectivity index (χ3n) is 5.11. The van der Waals surface area contributed by atoms with Crippen molar-refractivity contribution in [3.63, 3.8) is 0 Å². The standard InChI is InChI=1S/C19H23NO2/c21-19(15-2-1-3-15)20-9-8-16-12-22-18-7-6-14(11-17(16)18)10-13-4-5-13/h6-7,11-13,15H,1-5,8-10H2,(H,20,21). The molecule has 3 nitrogen and oxygen atoms in total. The Morgan fingerprint density at radius 3 is 2.82 bits per heavy atom. The Hall–Kier alpha value is -1.77. The van der Waals surface area contributed by atoms with Crippen LogP contribution in [0.5, 0.6) is 0 Å². The zero-order valence-electron chi connectivity index (χ0n) is 12.9. The largest absolute Gasteiger partial charge is 0.464 e. The van der Waals surface area contributed by atoms with Crippen LogP contribution in [-0.4, -0.2) is 12.5 Å². The maximum atomic E-state index is 11.9. The molecule has 0 bridgehead atoms. The Bertz CT molecular complexity index is 680. The lowest BCUT2D eigenvalue weighted by Crippen LogP contribution is -2.35. The van der Waals surface area contributed by atoms with Gasteiger partial charge in [0.05, 0.1) is 6.26 Å². The molecule has 0 saturated heterocycles. The van der Waals surface area contributed by atoms with Crippen molar-refractivity contribution in [3.05, 3.63) is 35.6 Å². The minimum absolute atomic E-state index is 0.230. The van der Waals surface area contributed by atoms with Gasteiger partial charge in [-0.15, -0.1) is 0 Å². The van der Waals surface area contributed by atoms with Gasteiger partial charge >= 0.3 is 0 Å². The predicted molar refractivity (Wildman–Crippen MR) is 86.7 cm³/mol. The number of furan rings is 1. The van der Waals surface area contributed by atoms with E-state index in [1.807, 2.05) is 6.26 Å². The summed E-state index contributed by atoms with van der Waals surface area (Å²) >= 11 is 0. The van der Waals surface area contributed by atoms with E-state index >= 15 is 0 Å². The zero-order chi connectivity index (χ0) is 14.9. The molecular weight excluding hydrogens is 274 g/mol. The van der Waals surface area contributed by atoms with Crippen LogP contribution in [0.15, 0.2) is 28.9 Å². The molecule has 0 unspecified atom stereocenters. The molecule has 1 aromatic carbocycles.